The third-order valence-corrected chi connectivity index (χ3v) is 6.86. The lowest BCUT2D eigenvalue weighted by Gasteiger charge is -2.47. The third-order valence-electron chi connectivity index (χ3n) is 6.86. The lowest BCUT2D eigenvalue weighted by Crippen LogP contribution is -2.66. The number of likely N-dealkylation sites (tertiary alicyclic amines) is 1. The van der Waals surface area contributed by atoms with E-state index in [1.165, 1.54) is 5.56 Å². The van der Waals surface area contributed by atoms with E-state index in [4.69, 9.17) is 34.4 Å². The van der Waals surface area contributed by atoms with Gasteiger partial charge in [0.15, 0.2) is 0 Å². The van der Waals surface area contributed by atoms with Gasteiger partial charge in [0.25, 0.3) is 0 Å². The zero-order valence-corrected chi connectivity index (χ0v) is 24.0. The van der Waals surface area contributed by atoms with Crippen LogP contribution < -0.4 is 0 Å². The van der Waals surface area contributed by atoms with Crippen LogP contribution in [0.25, 0.3) is 0 Å². The Bertz CT molecular complexity index is 1110. The molecule has 0 aromatic carbocycles. The number of hydrogen-bond acceptors (Lipinski definition) is 8. The van der Waals surface area contributed by atoms with Gasteiger partial charge in [0.1, 0.15) is 5.54 Å². The Balaban J connectivity index is 0.000000413. The summed E-state index contributed by atoms with van der Waals surface area (Å²) in [6, 6.07) is 4.64. The Hall–Kier alpha value is -3.72. The second-order valence-corrected chi connectivity index (χ2v) is 10.0. The van der Waals surface area contributed by atoms with Crippen LogP contribution >= 0.6 is 0 Å². The molecule has 4 heterocycles. The van der Waals surface area contributed by atoms with Gasteiger partial charge in [-0.05, 0) is 30.9 Å². The van der Waals surface area contributed by atoms with Crippen molar-refractivity contribution in [2.75, 3.05) is 46.4 Å². The molecule has 0 aliphatic carbocycles. The van der Waals surface area contributed by atoms with Crippen molar-refractivity contribution >= 4 is 23.8 Å². The van der Waals surface area contributed by atoms with Gasteiger partial charge < -0.3 is 25.0 Å². The van der Waals surface area contributed by atoms with E-state index in [-0.39, 0.29) is 11.4 Å². The Morgan fingerprint density at radius 1 is 0.891 bits per heavy atom. The van der Waals surface area contributed by atoms with Crippen molar-refractivity contribution in [1.82, 2.24) is 19.7 Å². The van der Waals surface area contributed by atoms with Crippen molar-refractivity contribution in [3.8, 4) is 0 Å². The number of aromatic nitrogens is 1. The number of ether oxygens (including phenoxy) is 1. The second kappa shape index (κ2) is 16.7. The fourth-order valence-electron chi connectivity index (χ4n) is 4.64. The van der Waals surface area contributed by atoms with E-state index in [0.717, 1.165) is 65.2 Å². The summed E-state index contributed by atoms with van der Waals surface area (Å²) in [6.45, 7) is 6.09. The summed E-state index contributed by atoms with van der Waals surface area (Å²) in [5, 5.41) is 21.4. The van der Waals surface area contributed by atoms with E-state index in [1.54, 1.807) is 6.20 Å². The molecule has 1 amide bonds. The number of hydrogen-bond donors (Lipinski definition) is 3. The van der Waals surface area contributed by atoms with Crippen LogP contribution in [0.3, 0.4) is 0 Å². The maximum absolute atomic E-state index is 13.2. The largest absolute Gasteiger partial charge is 0.490 e. The SMILES string of the molecule is CN1CCN(Cc2cccnc2)C2(CCN(C3CCOCC3)C2)C1=O.O=C(O)C(F)(F)F.O=C(O)C(F)(F)F.O=C(O)C(F)(F)F. The van der Waals surface area contributed by atoms with Gasteiger partial charge in [0.05, 0.1) is 0 Å². The number of alkyl halides is 9. The maximum Gasteiger partial charge on any atom is 0.490 e. The number of likely N-dealkylation sites (N-methyl/N-ethyl adjacent to an activating group) is 1. The van der Waals surface area contributed by atoms with Gasteiger partial charge in [0.2, 0.25) is 5.91 Å². The van der Waals surface area contributed by atoms with Crippen molar-refractivity contribution in [3.63, 3.8) is 0 Å². The summed E-state index contributed by atoms with van der Waals surface area (Å²) in [6.07, 6.45) is -8.43. The maximum atomic E-state index is 13.2. The molecule has 1 aromatic rings. The molecule has 0 radical (unpaired) electrons. The minimum atomic E-state index is -5.08. The molecule has 12 nitrogen and oxygen atoms in total. The highest BCUT2D eigenvalue weighted by Crippen LogP contribution is 2.36. The van der Waals surface area contributed by atoms with Crippen LogP contribution in [-0.4, -0.2) is 135 Å². The molecule has 3 aliphatic rings. The van der Waals surface area contributed by atoms with Crippen molar-refractivity contribution in [2.24, 2.45) is 0 Å². The molecule has 1 unspecified atom stereocenters. The Morgan fingerprint density at radius 2 is 1.37 bits per heavy atom. The highest BCUT2D eigenvalue weighted by atomic mass is 19.4. The lowest BCUT2D eigenvalue weighted by molar-refractivity contribution is -0.193. The molecule has 3 aliphatic heterocycles. The van der Waals surface area contributed by atoms with Gasteiger partial charge in [0, 0.05) is 71.4 Å². The summed E-state index contributed by atoms with van der Waals surface area (Å²) in [7, 11) is 1.95. The van der Waals surface area contributed by atoms with Gasteiger partial charge >= 0.3 is 36.4 Å². The molecule has 4 rings (SSSR count). The number of carbonyl (C=O) groups is 4. The summed E-state index contributed by atoms with van der Waals surface area (Å²) in [5.41, 5.74) is 0.810. The minimum absolute atomic E-state index is 0.289. The van der Waals surface area contributed by atoms with E-state index >= 15 is 0 Å². The van der Waals surface area contributed by atoms with E-state index < -0.39 is 36.4 Å². The Kier molecular flexibility index (Phi) is 14.7. The number of rotatable bonds is 3. The first-order valence-electron chi connectivity index (χ1n) is 13.1. The predicted molar refractivity (Wildman–Crippen MR) is 136 cm³/mol. The smallest absolute Gasteiger partial charge is 0.475 e. The van der Waals surface area contributed by atoms with Crippen molar-refractivity contribution in [1.29, 1.82) is 0 Å². The Labute approximate surface area is 255 Å². The molecule has 0 bridgehead atoms. The first kappa shape index (κ1) is 40.3. The average molecular weight is 687 g/mol. The van der Waals surface area contributed by atoms with Crippen LogP contribution in [0.1, 0.15) is 24.8 Å². The topological polar surface area (TPSA) is 161 Å². The van der Waals surface area contributed by atoms with Gasteiger partial charge in [-0.15, -0.1) is 0 Å². The molecule has 1 spiro atoms. The fourth-order valence-corrected chi connectivity index (χ4v) is 4.64. The number of aliphatic carboxylic acids is 3. The number of carboxylic acid groups (broad SMARTS) is 3. The van der Waals surface area contributed by atoms with Gasteiger partial charge in [-0.2, -0.15) is 39.5 Å². The van der Waals surface area contributed by atoms with Crippen LogP contribution in [0.4, 0.5) is 39.5 Å². The first-order valence-corrected chi connectivity index (χ1v) is 13.1. The van der Waals surface area contributed by atoms with Crippen LogP contribution in [0.5, 0.6) is 0 Å². The predicted octanol–water partition coefficient (Wildman–Crippen LogP) is 2.88. The zero-order chi connectivity index (χ0) is 35.5. The average Bonchev–Trinajstić information content (AvgIpc) is 3.40. The van der Waals surface area contributed by atoms with E-state index in [1.807, 2.05) is 24.2 Å². The fraction of sp³-hybridized carbons (Fsp3) is 0.640. The quantitative estimate of drug-likeness (QED) is 0.402. The van der Waals surface area contributed by atoms with Crippen molar-refractivity contribution < 1.29 is 78.7 Å². The number of nitrogens with zero attached hydrogens (tertiary/aromatic N) is 4. The van der Waals surface area contributed by atoms with Crippen LogP contribution in [0.15, 0.2) is 24.5 Å². The second-order valence-electron chi connectivity index (χ2n) is 10.0. The molecular formula is C25H31F9N4O8. The highest BCUT2D eigenvalue weighted by Gasteiger charge is 2.53. The molecule has 262 valence electrons. The molecule has 3 fully saturated rings. The molecule has 3 N–H and O–H groups in total. The molecule has 3 saturated heterocycles. The zero-order valence-electron chi connectivity index (χ0n) is 24.0. The third kappa shape index (κ3) is 12.6. The number of amides is 1. The number of carbonyl (C=O) groups excluding carboxylic acids is 1. The molecule has 1 aromatic heterocycles. The number of pyridine rings is 1. The standard InChI is InChI=1S/C19H28N4O2.3C2HF3O2/c1-21-9-10-23(14-16-3-2-7-20-13-16)19(18(21)24)6-8-22(15-19)17-4-11-25-12-5-17;3*3-2(4,5)1(6)7/h2-3,7,13,17H,4-6,8-12,14-15H2,1H3;3*(H,6,7). The van der Waals surface area contributed by atoms with Gasteiger partial charge in [-0.1, -0.05) is 6.07 Å². The summed E-state index contributed by atoms with van der Waals surface area (Å²) >= 11 is 0. The summed E-state index contributed by atoms with van der Waals surface area (Å²) < 4.78 is 101. The van der Waals surface area contributed by atoms with Crippen LogP contribution in [-0.2, 0) is 30.5 Å². The van der Waals surface area contributed by atoms with Gasteiger partial charge in [-0.3, -0.25) is 19.6 Å². The summed E-state index contributed by atoms with van der Waals surface area (Å²) in [5.74, 6) is -7.98. The molecule has 46 heavy (non-hydrogen) atoms. The van der Waals surface area contributed by atoms with E-state index in [2.05, 4.69) is 20.9 Å². The van der Waals surface area contributed by atoms with E-state index in [9.17, 15) is 44.3 Å². The molecular weight excluding hydrogens is 655 g/mol. The van der Waals surface area contributed by atoms with Gasteiger partial charge in [-0.25, -0.2) is 14.4 Å². The number of piperazine rings is 1. The first-order chi connectivity index (χ1) is 21.0. The van der Waals surface area contributed by atoms with Crippen molar-refractivity contribution in [3.05, 3.63) is 30.1 Å². The van der Waals surface area contributed by atoms with Crippen LogP contribution in [0.2, 0.25) is 0 Å². The summed E-state index contributed by atoms with van der Waals surface area (Å²) in [4.78, 5) is 51.0. The molecule has 21 heteroatoms. The van der Waals surface area contributed by atoms with Crippen LogP contribution in [0, 0.1) is 0 Å². The minimum Gasteiger partial charge on any atom is -0.475 e. The highest BCUT2D eigenvalue weighted by molar-refractivity contribution is 5.87. The van der Waals surface area contributed by atoms with E-state index in [0.29, 0.717) is 6.04 Å². The molecule has 1 atom stereocenters. The number of halogens is 9. The van der Waals surface area contributed by atoms with Crippen molar-refractivity contribution in [2.45, 2.75) is 55.9 Å². The lowest BCUT2D eigenvalue weighted by atomic mass is 9.91. The number of carboxylic acids is 3. The Morgan fingerprint density at radius 3 is 1.78 bits per heavy atom. The monoisotopic (exact) mass is 686 g/mol. The normalized spacial score (nSPS) is 21.3. The molecule has 0 saturated carbocycles.